The van der Waals surface area contributed by atoms with Crippen LogP contribution < -0.4 is 10.0 Å². The van der Waals surface area contributed by atoms with Gasteiger partial charge in [-0.05, 0) is 40.2 Å². The lowest BCUT2D eigenvalue weighted by Gasteiger charge is -2.31. The molecule has 1 saturated heterocycles. The van der Waals surface area contributed by atoms with Gasteiger partial charge in [0.05, 0.1) is 0 Å². The molecule has 0 saturated carbocycles. The number of hydrogen-bond acceptors (Lipinski definition) is 3. The van der Waals surface area contributed by atoms with E-state index in [4.69, 9.17) is 0 Å². The van der Waals surface area contributed by atoms with Crippen LogP contribution in [0.15, 0.2) is 0 Å². The summed E-state index contributed by atoms with van der Waals surface area (Å²) >= 11 is 0. The van der Waals surface area contributed by atoms with Gasteiger partial charge in [0.25, 0.3) is 10.2 Å². The van der Waals surface area contributed by atoms with E-state index in [1.165, 1.54) is 17.1 Å². The molecule has 0 aromatic heterocycles. The molecule has 2 atom stereocenters. The lowest BCUT2D eigenvalue weighted by Crippen LogP contribution is -2.53. The first-order valence-electron chi connectivity index (χ1n) is 6.33. The average molecular weight is 263 g/mol. The fraction of sp³-hybridized carbons (Fsp3) is 1.00. The van der Waals surface area contributed by atoms with Gasteiger partial charge in [0, 0.05) is 25.2 Å². The number of piperidine rings is 1. The Hall–Kier alpha value is -0.170. The van der Waals surface area contributed by atoms with E-state index in [9.17, 15) is 8.42 Å². The van der Waals surface area contributed by atoms with Crippen molar-refractivity contribution in [3.05, 3.63) is 0 Å². The zero-order chi connectivity index (χ0) is 13.1. The molecule has 1 heterocycles. The maximum Gasteiger partial charge on any atom is 0.279 e. The summed E-state index contributed by atoms with van der Waals surface area (Å²) in [5, 5.41) is 3.36. The van der Waals surface area contributed by atoms with E-state index < -0.39 is 10.2 Å². The van der Waals surface area contributed by atoms with Gasteiger partial charge in [-0.2, -0.15) is 17.4 Å². The summed E-state index contributed by atoms with van der Waals surface area (Å²) in [4.78, 5) is 0. The van der Waals surface area contributed by atoms with Crippen LogP contribution >= 0.6 is 0 Å². The Balaban J connectivity index is 2.57. The minimum atomic E-state index is -3.36. The Morgan fingerprint density at radius 3 is 2.41 bits per heavy atom. The first kappa shape index (κ1) is 14.9. The van der Waals surface area contributed by atoms with Crippen LogP contribution in [-0.2, 0) is 10.2 Å². The average Bonchev–Trinajstić information content (AvgIpc) is 2.28. The molecule has 0 radical (unpaired) electrons. The van der Waals surface area contributed by atoms with Crippen molar-refractivity contribution in [3.8, 4) is 0 Å². The van der Waals surface area contributed by atoms with Crippen LogP contribution in [-0.4, -0.2) is 44.4 Å². The molecule has 0 aromatic carbocycles. The van der Waals surface area contributed by atoms with E-state index in [-0.39, 0.29) is 18.1 Å². The van der Waals surface area contributed by atoms with Crippen LogP contribution in [0.3, 0.4) is 0 Å². The smallest absolute Gasteiger partial charge is 0.279 e. The highest BCUT2D eigenvalue weighted by Crippen LogP contribution is 2.12. The van der Waals surface area contributed by atoms with Crippen molar-refractivity contribution >= 4 is 10.2 Å². The van der Waals surface area contributed by atoms with Gasteiger partial charge in [-0.3, -0.25) is 0 Å². The normalized spacial score (nSPS) is 24.2. The summed E-state index contributed by atoms with van der Waals surface area (Å²) < 4.78 is 28.1. The fourth-order valence-electron chi connectivity index (χ4n) is 1.98. The molecular formula is C11H25N3O2S. The van der Waals surface area contributed by atoms with Gasteiger partial charge < -0.3 is 5.32 Å². The summed E-state index contributed by atoms with van der Waals surface area (Å²) in [5.41, 5.74) is 0. The van der Waals surface area contributed by atoms with Crippen LogP contribution in [0.5, 0.6) is 0 Å². The Morgan fingerprint density at radius 1 is 1.29 bits per heavy atom. The van der Waals surface area contributed by atoms with Gasteiger partial charge >= 0.3 is 0 Å². The lowest BCUT2D eigenvalue weighted by molar-refractivity contribution is 0.335. The molecule has 0 amide bonds. The molecule has 5 nitrogen and oxygen atoms in total. The molecule has 0 aliphatic carbocycles. The van der Waals surface area contributed by atoms with E-state index >= 15 is 0 Å². The standard InChI is InChI=1S/C11H25N3O2S/c1-9(2)14(4)17(15,16)13-10(3)11-7-5-6-8-12-11/h9-13H,5-8H2,1-4H3. The Labute approximate surface area is 105 Å². The minimum Gasteiger partial charge on any atom is -0.312 e. The SMILES string of the molecule is CC(NS(=O)(=O)N(C)C(C)C)C1CCCCN1. The largest absolute Gasteiger partial charge is 0.312 e. The Kier molecular flexibility index (Phi) is 5.37. The number of nitrogens with one attached hydrogen (secondary N) is 2. The van der Waals surface area contributed by atoms with Crippen LogP contribution in [0.1, 0.15) is 40.0 Å². The fourth-order valence-corrected chi connectivity index (χ4v) is 3.34. The molecule has 0 aromatic rings. The summed E-state index contributed by atoms with van der Waals surface area (Å²) in [6, 6.07) is 0.152. The van der Waals surface area contributed by atoms with E-state index in [1.54, 1.807) is 7.05 Å². The number of nitrogens with zero attached hydrogens (tertiary/aromatic N) is 1. The molecule has 1 aliphatic rings. The molecule has 0 spiro atoms. The highest BCUT2D eigenvalue weighted by Gasteiger charge is 2.27. The van der Waals surface area contributed by atoms with Crippen LogP contribution in [0.4, 0.5) is 0 Å². The molecule has 2 N–H and O–H groups in total. The summed E-state index contributed by atoms with van der Waals surface area (Å²) in [6.07, 6.45) is 3.39. The Bertz CT molecular complexity index is 324. The highest BCUT2D eigenvalue weighted by molar-refractivity contribution is 7.87. The third kappa shape index (κ3) is 4.21. The second-order valence-electron chi connectivity index (χ2n) is 5.08. The lowest BCUT2D eigenvalue weighted by atomic mass is 10.00. The van der Waals surface area contributed by atoms with Gasteiger partial charge in [-0.1, -0.05) is 6.42 Å². The second kappa shape index (κ2) is 6.13. The van der Waals surface area contributed by atoms with E-state index in [0.717, 1.165) is 13.0 Å². The van der Waals surface area contributed by atoms with Crippen molar-refractivity contribution in [2.75, 3.05) is 13.6 Å². The van der Waals surface area contributed by atoms with Crippen molar-refractivity contribution in [1.82, 2.24) is 14.3 Å². The molecule has 0 bridgehead atoms. The molecule has 102 valence electrons. The molecule has 17 heavy (non-hydrogen) atoms. The summed E-state index contributed by atoms with van der Waals surface area (Å²) in [5.74, 6) is 0. The van der Waals surface area contributed by atoms with E-state index in [2.05, 4.69) is 10.0 Å². The third-order valence-corrected chi connectivity index (χ3v) is 5.24. The second-order valence-corrected chi connectivity index (χ2v) is 6.84. The van der Waals surface area contributed by atoms with E-state index in [0.29, 0.717) is 0 Å². The van der Waals surface area contributed by atoms with Crippen molar-refractivity contribution in [2.24, 2.45) is 0 Å². The Morgan fingerprint density at radius 2 is 1.94 bits per heavy atom. The predicted molar refractivity (Wildman–Crippen MR) is 70.1 cm³/mol. The monoisotopic (exact) mass is 263 g/mol. The van der Waals surface area contributed by atoms with Gasteiger partial charge in [0.2, 0.25) is 0 Å². The van der Waals surface area contributed by atoms with Crippen molar-refractivity contribution in [2.45, 2.75) is 58.2 Å². The van der Waals surface area contributed by atoms with E-state index in [1.807, 2.05) is 20.8 Å². The molecule has 1 aliphatic heterocycles. The third-order valence-electron chi connectivity index (χ3n) is 3.39. The topological polar surface area (TPSA) is 61.4 Å². The molecule has 1 fully saturated rings. The quantitative estimate of drug-likeness (QED) is 0.767. The molecule has 6 heteroatoms. The van der Waals surface area contributed by atoms with Crippen LogP contribution in [0.2, 0.25) is 0 Å². The molecule has 1 rings (SSSR count). The molecular weight excluding hydrogens is 238 g/mol. The zero-order valence-corrected chi connectivity index (χ0v) is 12.0. The van der Waals surface area contributed by atoms with Crippen molar-refractivity contribution < 1.29 is 8.42 Å². The van der Waals surface area contributed by atoms with Crippen LogP contribution in [0, 0.1) is 0 Å². The predicted octanol–water partition coefficient (Wildman–Crippen LogP) is 0.692. The van der Waals surface area contributed by atoms with Gasteiger partial charge in [0.15, 0.2) is 0 Å². The first-order valence-corrected chi connectivity index (χ1v) is 7.77. The summed E-state index contributed by atoms with van der Waals surface area (Å²) in [7, 11) is -1.76. The maximum absolute atomic E-state index is 12.0. The minimum absolute atomic E-state index is 0.0287. The number of rotatable bonds is 5. The molecule has 2 unspecified atom stereocenters. The zero-order valence-electron chi connectivity index (χ0n) is 11.2. The first-order chi connectivity index (χ1) is 7.84. The highest BCUT2D eigenvalue weighted by atomic mass is 32.2. The van der Waals surface area contributed by atoms with Crippen LogP contribution in [0.25, 0.3) is 0 Å². The number of hydrogen-bond donors (Lipinski definition) is 2. The van der Waals surface area contributed by atoms with Gasteiger partial charge in [0.1, 0.15) is 0 Å². The van der Waals surface area contributed by atoms with Gasteiger partial charge in [-0.25, -0.2) is 0 Å². The summed E-state index contributed by atoms with van der Waals surface area (Å²) in [6.45, 7) is 6.64. The van der Waals surface area contributed by atoms with Gasteiger partial charge in [-0.15, -0.1) is 0 Å². The maximum atomic E-state index is 12.0. The van der Waals surface area contributed by atoms with Crippen molar-refractivity contribution in [3.63, 3.8) is 0 Å². The van der Waals surface area contributed by atoms with Crippen molar-refractivity contribution in [1.29, 1.82) is 0 Å².